The third-order valence-electron chi connectivity index (χ3n) is 2.92. The van der Waals surface area contributed by atoms with Crippen molar-refractivity contribution in [2.75, 3.05) is 24.7 Å². The van der Waals surface area contributed by atoms with Crippen LogP contribution in [0.5, 0.6) is 0 Å². The Balaban J connectivity index is 1.70. The molecule has 2 aromatic heterocycles. The molecular weight excluding hydrogens is 382 g/mol. The van der Waals surface area contributed by atoms with Crippen LogP contribution in [0, 0.1) is 0 Å². The minimum atomic E-state index is -0.670. The fourth-order valence-electron chi connectivity index (χ4n) is 1.67. The molecule has 0 unspecified atom stereocenters. The Morgan fingerprint density at radius 2 is 1.88 bits per heavy atom. The summed E-state index contributed by atoms with van der Waals surface area (Å²) in [5.41, 5.74) is -0.0937. The van der Waals surface area contributed by atoms with E-state index in [9.17, 15) is 14.4 Å². The van der Waals surface area contributed by atoms with Crippen molar-refractivity contribution in [2.45, 2.75) is 6.92 Å². The predicted molar refractivity (Wildman–Crippen MR) is 97.0 cm³/mol. The average Bonchev–Trinajstić information content (AvgIpc) is 3.04. The van der Waals surface area contributed by atoms with Gasteiger partial charge in [0.1, 0.15) is 19.5 Å². The van der Waals surface area contributed by atoms with Crippen LogP contribution in [0.4, 0.5) is 0 Å². The van der Waals surface area contributed by atoms with Gasteiger partial charge in [-0.1, -0.05) is 33.4 Å². The van der Waals surface area contributed by atoms with Crippen LogP contribution < -0.4 is 5.69 Å². The Labute approximate surface area is 156 Å². The molecule has 140 valence electrons. The Morgan fingerprint density at radius 3 is 2.54 bits per heavy atom. The monoisotopic (exact) mass is 399 g/mol. The van der Waals surface area contributed by atoms with Gasteiger partial charge >= 0.3 is 17.6 Å². The van der Waals surface area contributed by atoms with E-state index in [1.807, 2.05) is 0 Å². The van der Waals surface area contributed by atoms with Gasteiger partial charge in [-0.3, -0.25) is 0 Å². The second kappa shape index (κ2) is 9.38. The van der Waals surface area contributed by atoms with Crippen molar-refractivity contribution in [3.05, 3.63) is 34.7 Å². The zero-order valence-electron chi connectivity index (χ0n) is 14.2. The largest absolute Gasteiger partial charge is 0.461 e. The lowest BCUT2D eigenvalue weighted by molar-refractivity contribution is -0.138. The van der Waals surface area contributed by atoms with Crippen molar-refractivity contribution in [3.63, 3.8) is 0 Å². The third-order valence-corrected chi connectivity index (χ3v) is 5.26. The smallest absolute Gasteiger partial charge is 0.361 e. The quantitative estimate of drug-likeness (QED) is 0.255. The van der Waals surface area contributed by atoms with Gasteiger partial charge in [0.25, 0.3) is 0 Å². The van der Waals surface area contributed by atoms with Gasteiger partial charge < -0.3 is 9.47 Å². The highest BCUT2D eigenvalue weighted by atomic mass is 33.1. The van der Waals surface area contributed by atoms with E-state index in [0.717, 1.165) is 9.08 Å². The summed E-state index contributed by atoms with van der Waals surface area (Å²) >= 11 is 0. The molecule has 0 fully saturated rings. The minimum absolute atomic E-state index is 0.0551. The zero-order valence-corrected chi connectivity index (χ0v) is 15.8. The van der Waals surface area contributed by atoms with Gasteiger partial charge in [0.05, 0.1) is 0 Å². The molecule has 0 aliphatic heterocycles. The SMILES string of the molecule is C=C(C)C(=O)OCCSSCCOC(=O)c1ncn2c(=O)n(C)nnc12. The van der Waals surface area contributed by atoms with Crippen LogP contribution in [0.25, 0.3) is 5.65 Å². The first kappa shape index (κ1) is 20.0. The maximum absolute atomic E-state index is 12.0. The molecule has 0 saturated heterocycles. The van der Waals surface area contributed by atoms with E-state index in [1.165, 1.54) is 35.0 Å². The predicted octanol–water partition coefficient (Wildman–Crippen LogP) is 0.480. The van der Waals surface area contributed by atoms with E-state index in [2.05, 4.69) is 21.9 Å². The first-order valence-electron chi connectivity index (χ1n) is 7.43. The van der Waals surface area contributed by atoms with E-state index in [0.29, 0.717) is 17.1 Å². The van der Waals surface area contributed by atoms with E-state index in [1.54, 1.807) is 6.92 Å². The van der Waals surface area contributed by atoms with Crippen molar-refractivity contribution >= 4 is 39.2 Å². The number of aryl methyl sites for hydroxylation is 1. The number of ether oxygens (including phenoxy) is 2. The Bertz CT molecular complexity index is 878. The van der Waals surface area contributed by atoms with Gasteiger partial charge in [0.2, 0.25) is 0 Å². The summed E-state index contributed by atoms with van der Waals surface area (Å²) in [7, 11) is 4.42. The number of hydrogen-bond acceptors (Lipinski definition) is 10. The third kappa shape index (κ3) is 5.08. The summed E-state index contributed by atoms with van der Waals surface area (Å²) < 4.78 is 12.2. The molecule has 0 amide bonds. The Kier molecular flexibility index (Phi) is 7.21. The minimum Gasteiger partial charge on any atom is -0.461 e. The highest BCUT2D eigenvalue weighted by Crippen LogP contribution is 2.20. The number of imidazole rings is 1. The fraction of sp³-hybridized carbons (Fsp3) is 0.429. The highest BCUT2D eigenvalue weighted by Gasteiger charge is 2.18. The number of aromatic nitrogens is 5. The van der Waals surface area contributed by atoms with Crippen LogP contribution in [0.15, 0.2) is 23.3 Å². The molecule has 2 heterocycles. The molecule has 26 heavy (non-hydrogen) atoms. The van der Waals surface area contributed by atoms with Gasteiger partial charge in [-0.25, -0.2) is 23.8 Å². The van der Waals surface area contributed by atoms with Gasteiger partial charge in [0.15, 0.2) is 11.3 Å². The normalized spacial score (nSPS) is 10.7. The van der Waals surface area contributed by atoms with Gasteiger partial charge in [0, 0.05) is 24.1 Å². The Hall–Kier alpha value is -2.34. The maximum atomic E-state index is 12.0. The second-order valence-electron chi connectivity index (χ2n) is 4.98. The molecule has 0 aromatic carbocycles. The highest BCUT2D eigenvalue weighted by molar-refractivity contribution is 8.76. The molecule has 0 radical (unpaired) electrons. The van der Waals surface area contributed by atoms with Crippen molar-refractivity contribution in [1.82, 2.24) is 24.4 Å². The lowest BCUT2D eigenvalue weighted by Gasteiger charge is -2.04. The summed E-state index contributed by atoms with van der Waals surface area (Å²) in [6.07, 6.45) is 1.21. The number of hydrogen-bond donors (Lipinski definition) is 0. The number of esters is 2. The van der Waals surface area contributed by atoms with E-state index in [-0.39, 0.29) is 24.6 Å². The molecule has 2 aromatic rings. The summed E-state index contributed by atoms with van der Waals surface area (Å²) in [5, 5.41) is 7.40. The van der Waals surface area contributed by atoms with E-state index in [4.69, 9.17) is 9.47 Å². The molecule has 10 nitrogen and oxygen atoms in total. The number of carbonyl (C=O) groups excluding carboxylic acids is 2. The Morgan fingerprint density at radius 1 is 1.23 bits per heavy atom. The van der Waals surface area contributed by atoms with Crippen molar-refractivity contribution < 1.29 is 19.1 Å². The first-order chi connectivity index (χ1) is 12.4. The van der Waals surface area contributed by atoms with Crippen molar-refractivity contribution in [2.24, 2.45) is 7.05 Å². The zero-order chi connectivity index (χ0) is 19.1. The molecule has 2 rings (SSSR count). The molecule has 12 heteroatoms. The second-order valence-corrected chi connectivity index (χ2v) is 7.68. The van der Waals surface area contributed by atoms with Gasteiger partial charge in [-0.2, -0.15) is 4.68 Å². The fourth-order valence-corrected chi connectivity index (χ4v) is 3.33. The maximum Gasteiger partial charge on any atom is 0.361 e. The molecule has 0 N–H and O–H groups in total. The van der Waals surface area contributed by atoms with Gasteiger partial charge in [-0.15, -0.1) is 5.10 Å². The summed E-state index contributed by atoms with van der Waals surface area (Å²) in [6.45, 7) is 5.54. The van der Waals surface area contributed by atoms with Crippen molar-refractivity contribution in [3.8, 4) is 0 Å². The molecule has 0 saturated carbocycles. The molecule has 0 spiro atoms. The van der Waals surface area contributed by atoms with Crippen LogP contribution in [0.3, 0.4) is 0 Å². The molecule has 0 aliphatic rings. The standard InChI is InChI=1S/C14H17N5O5S2/c1-9(2)12(20)23-4-6-25-26-7-5-24-13(21)10-11-16-17-18(3)14(22)19(11)8-15-10/h8H,1,4-7H2,2-3H3. The lowest BCUT2D eigenvalue weighted by Crippen LogP contribution is -2.27. The summed E-state index contributed by atoms with van der Waals surface area (Å²) in [5.74, 6) is 0.0810. The topological polar surface area (TPSA) is 118 Å². The summed E-state index contributed by atoms with van der Waals surface area (Å²) in [4.78, 5) is 38.9. The summed E-state index contributed by atoms with van der Waals surface area (Å²) in [6, 6.07) is 0. The van der Waals surface area contributed by atoms with Crippen LogP contribution in [0.2, 0.25) is 0 Å². The number of fused-ring (bicyclic) bond motifs is 1. The molecule has 0 atom stereocenters. The first-order valence-corrected chi connectivity index (χ1v) is 9.92. The molecular formula is C14H17N5O5S2. The number of rotatable bonds is 9. The van der Waals surface area contributed by atoms with E-state index >= 15 is 0 Å². The number of nitrogens with zero attached hydrogens (tertiary/aromatic N) is 5. The lowest BCUT2D eigenvalue weighted by atomic mass is 10.4. The molecule has 0 aliphatic carbocycles. The van der Waals surface area contributed by atoms with Crippen LogP contribution in [-0.4, -0.2) is 61.0 Å². The van der Waals surface area contributed by atoms with Crippen LogP contribution in [0.1, 0.15) is 17.4 Å². The molecule has 0 bridgehead atoms. The van der Waals surface area contributed by atoms with Gasteiger partial charge in [-0.05, 0) is 6.92 Å². The van der Waals surface area contributed by atoms with E-state index < -0.39 is 17.6 Å². The van der Waals surface area contributed by atoms with Crippen LogP contribution in [-0.2, 0) is 21.3 Å². The van der Waals surface area contributed by atoms with Crippen LogP contribution >= 0.6 is 21.6 Å². The average molecular weight is 399 g/mol. The number of carbonyl (C=O) groups is 2. The van der Waals surface area contributed by atoms with Crippen molar-refractivity contribution in [1.29, 1.82) is 0 Å².